The van der Waals surface area contributed by atoms with Crippen LogP contribution in [0.1, 0.15) is 51.1 Å². The maximum Gasteiger partial charge on any atom is 0.225 e. The molecule has 2 unspecified atom stereocenters. The molecule has 0 bridgehead atoms. The number of rotatable bonds is 4. The molecule has 0 spiro atoms. The van der Waals surface area contributed by atoms with E-state index in [0.29, 0.717) is 19.1 Å². The summed E-state index contributed by atoms with van der Waals surface area (Å²) in [5, 5.41) is 0. The van der Waals surface area contributed by atoms with Crippen LogP contribution in [0, 0.1) is 5.92 Å². The van der Waals surface area contributed by atoms with Crippen molar-refractivity contribution in [1.82, 2.24) is 4.90 Å². The van der Waals surface area contributed by atoms with Crippen LogP contribution in [-0.4, -0.2) is 30.6 Å². The Bertz CT molecular complexity index is 543. The van der Waals surface area contributed by atoms with Crippen LogP contribution < -0.4 is 9.47 Å². The monoisotopic (exact) mass is 303 g/mol. The van der Waals surface area contributed by atoms with E-state index in [2.05, 4.69) is 24.0 Å². The summed E-state index contributed by atoms with van der Waals surface area (Å²) >= 11 is 0. The number of hydrogen-bond acceptors (Lipinski definition) is 3. The lowest BCUT2D eigenvalue weighted by Gasteiger charge is -2.29. The SMILES string of the molecule is CCCC(C)C(=O)N1CCCC1c1ccc2c(c1)OCCO2. The van der Waals surface area contributed by atoms with E-state index in [1.165, 1.54) is 5.56 Å². The van der Waals surface area contributed by atoms with Crippen molar-refractivity contribution in [3.05, 3.63) is 23.8 Å². The van der Waals surface area contributed by atoms with E-state index in [1.807, 2.05) is 13.0 Å². The molecular formula is C18H25NO3. The quantitative estimate of drug-likeness (QED) is 0.853. The van der Waals surface area contributed by atoms with Crippen molar-refractivity contribution in [2.75, 3.05) is 19.8 Å². The van der Waals surface area contributed by atoms with Gasteiger partial charge in [0.25, 0.3) is 0 Å². The summed E-state index contributed by atoms with van der Waals surface area (Å²) in [6.07, 6.45) is 4.12. The lowest BCUT2D eigenvalue weighted by atomic mass is 10.0. The molecule has 0 N–H and O–H groups in total. The first-order valence-corrected chi connectivity index (χ1v) is 8.40. The fraction of sp³-hybridized carbons (Fsp3) is 0.611. The molecule has 0 saturated carbocycles. The van der Waals surface area contributed by atoms with Gasteiger partial charge in [0.1, 0.15) is 13.2 Å². The van der Waals surface area contributed by atoms with Gasteiger partial charge in [0.2, 0.25) is 5.91 Å². The Kier molecular flexibility index (Phi) is 4.55. The first kappa shape index (κ1) is 15.2. The van der Waals surface area contributed by atoms with Gasteiger partial charge in [0.15, 0.2) is 11.5 Å². The van der Waals surface area contributed by atoms with Gasteiger partial charge in [0, 0.05) is 12.5 Å². The fourth-order valence-corrected chi connectivity index (χ4v) is 3.48. The van der Waals surface area contributed by atoms with E-state index in [4.69, 9.17) is 9.47 Å². The van der Waals surface area contributed by atoms with E-state index in [9.17, 15) is 4.79 Å². The van der Waals surface area contributed by atoms with E-state index >= 15 is 0 Å². The number of carbonyl (C=O) groups excluding carboxylic acids is 1. The number of fused-ring (bicyclic) bond motifs is 1. The molecule has 0 aliphatic carbocycles. The fourth-order valence-electron chi connectivity index (χ4n) is 3.48. The van der Waals surface area contributed by atoms with Crippen LogP contribution in [-0.2, 0) is 4.79 Å². The van der Waals surface area contributed by atoms with Gasteiger partial charge in [-0.2, -0.15) is 0 Å². The lowest BCUT2D eigenvalue weighted by molar-refractivity contribution is -0.136. The number of likely N-dealkylation sites (tertiary alicyclic amines) is 1. The molecule has 2 atom stereocenters. The minimum atomic E-state index is 0.114. The summed E-state index contributed by atoms with van der Waals surface area (Å²) in [5.74, 6) is 2.02. The molecule has 120 valence electrons. The maximum absolute atomic E-state index is 12.7. The second-order valence-electron chi connectivity index (χ2n) is 6.28. The van der Waals surface area contributed by atoms with E-state index < -0.39 is 0 Å². The van der Waals surface area contributed by atoms with Gasteiger partial charge >= 0.3 is 0 Å². The first-order valence-electron chi connectivity index (χ1n) is 8.40. The predicted molar refractivity (Wildman–Crippen MR) is 85.2 cm³/mol. The Morgan fingerprint density at radius 1 is 1.32 bits per heavy atom. The molecule has 1 aromatic rings. The Balaban J connectivity index is 1.79. The standard InChI is InChI=1S/C18H25NO3/c1-3-5-13(2)18(20)19-9-4-6-15(19)14-7-8-16-17(12-14)22-11-10-21-16/h7-8,12-13,15H,3-6,9-11H2,1-2H3. The highest BCUT2D eigenvalue weighted by Gasteiger charge is 2.32. The number of amides is 1. The van der Waals surface area contributed by atoms with E-state index in [-0.39, 0.29) is 12.0 Å². The Morgan fingerprint density at radius 3 is 2.86 bits per heavy atom. The van der Waals surface area contributed by atoms with E-state index in [1.54, 1.807) is 0 Å². The summed E-state index contributed by atoms with van der Waals surface area (Å²) < 4.78 is 11.3. The molecule has 4 heteroatoms. The smallest absolute Gasteiger partial charge is 0.225 e. The molecule has 0 aromatic heterocycles. The summed E-state index contributed by atoms with van der Waals surface area (Å²) in [6, 6.07) is 6.28. The average molecular weight is 303 g/mol. The molecule has 1 fully saturated rings. The molecule has 22 heavy (non-hydrogen) atoms. The predicted octanol–water partition coefficient (Wildman–Crippen LogP) is 3.56. The molecule has 0 radical (unpaired) electrons. The zero-order valence-electron chi connectivity index (χ0n) is 13.5. The lowest BCUT2D eigenvalue weighted by Crippen LogP contribution is -2.34. The highest BCUT2D eigenvalue weighted by molar-refractivity contribution is 5.79. The number of ether oxygens (including phenoxy) is 2. The summed E-state index contributed by atoms with van der Waals surface area (Å²) in [7, 11) is 0. The van der Waals surface area contributed by atoms with Gasteiger partial charge in [-0.1, -0.05) is 26.3 Å². The van der Waals surface area contributed by atoms with Crippen molar-refractivity contribution in [3.63, 3.8) is 0 Å². The van der Waals surface area contributed by atoms with Gasteiger partial charge in [-0.05, 0) is 37.0 Å². The minimum absolute atomic E-state index is 0.114. The highest BCUT2D eigenvalue weighted by atomic mass is 16.6. The number of nitrogens with zero attached hydrogens (tertiary/aromatic N) is 1. The molecule has 3 rings (SSSR count). The van der Waals surface area contributed by atoms with Crippen molar-refractivity contribution in [1.29, 1.82) is 0 Å². The number of hydrogen-bond donors (Lipinski definition) is 0. The molecular weight excluding hydrogens is 278 g/mol. The third-order valence-corrected chi connectivity index (χ3v) is 4.63. The van der Waals surface area contributed by atoms with E-state index in [0.717, 1.165) is 43.7 Å². The topological polar surface area (TPSA) is 38.8 Å². The third-order valence-electron chi connectivity index (χ3n) is 4.63. The zero-order valence-corrected chi connectivity index (χ0v) is 13.5. The van der Waals surface area contributed by atoms with Crippen LogP contribution in [0.4, 0.5) is 0 Å². The highest BCUT2D eigenvalue weighted by Crippen LogP contribution is 2.38. The van der Waals surface area contributed by atoms with Crippen molar-refractivity contribution in [2.45, 2.75) is 45.6 Å². The number of benzene rings is 1. The molecule has 1 aromatic carbocycles. The largest absolute Gasteiger partial charge is 0.486 e. The molecule has 4 nitrogen and oxygen atoms in total. The molecule has 2 aliphatic heterocycles. The van der Waals surface area contributed by atoms with Gasteiger partial charge in [0.05, 0.1) is 6.04 Å². The van der Waals surface area contributed by atoms with Crippen molar-refractivity contribution < 1.29 is 14.3 Å². The molecule has 1 amide bonds. The van der Waals surface area contributed by atoms with Gasteiger partial charge < -0.3 is 14.4 Å². The van der Waals surface area contributed by atoms with Crippen molar-refractivity contribution >= 4 is 5.91 Å². The number of carbonyl (C=O) groups is 1. The van der Waals surface area contributed by atoms with Crippen molar-refractivity contribution in [3.8, 4) is 11.5 Å². The van der Waals surface area contributed by atoms with Crippen LogP contribution in [0.5, 0.6) is 11.5 Å². The summed E-state index contributed by atoms with van der Waals surface area (Å²) in [5.41, 5.74) is 1.17. The summed E-state index contributed by atoms with van der Waals surface area (Å²) in [6.45, 7) is 6.25. The third kappa shape index (κ3) is 2.92. The Morgan fingerprint density at radius 2 is 2.09 bits per heavy atom. The van der Waals surface area contributed by atoms with Crippen LogP contribution in [0.3, 0.4) is 0 Å². The Hall–Kier alpha value is -1.71. The van der Waals surface area contributed by atoms with Crippen LogP contribution in [0.15, 0.2) is 18.2 Å². The molecule has 2 aliphatic rings. The summed E-state index contributed by atoms with van der Waals surface area (Å²) in [4.78, 5) is 14.7. The Labute approximate surface area is 132 Å². The zero-order chi connectivity index (χ0) is 15.5. The van der Waals surface area contributed by atoms with Gasteiger partial charge in [-0.3, -0.25) is 4.79 Å². The van der Waals surface area contributed by atoms with Crippen LogP contribution in [0.2, 0.25) is 0 Å². The average Bonchev–Trinajstić information content (AvgIpc) is 3.03. The normalized spacial score (nSPS) is 21.7. The minimum Gasteiger partial charge on any atom is -0.486 e. The van der Waals surface area contributed by atoms with Gasteiger partial charge in [-0.25, -0.2) is 0 Å². The van der Waals surface area contributed by atoms with Gasteiger partial charge in [-0.15, -0.1) is 0 Å². The molecule has 1 saturated heterocycles. The maximum atomic E-state index is 12.7. The second-order valence-corrected chi connectivity index (χ2v) is 6.28. The van der Waals surface area contributed by atoms with Crippen LogP contribution >= 0.6 is 0 Å². The van der Waals surface area contributed by atoms with Crippen LogP contribution in [0.25, 0.3) is 0 Å². The molecule has 2 heterocycles. The van der Waals surface area contributed by atoms with Crippen molar-refractivity contribution in [2.24, 2.45) is 5.92 Å². The second kappa shape index (κ2) is 6.59. The first-order chi connectivity index (χ1) is 10.7.